The van der Waals surface area contributed by atoms with Crippen molar-refractivity contribution in [1.29, 1.82) is 0 Å². The number of methoxy groups -OCH3 is 1. The number of ether oxygens (including phenoxy) is 2. The van der Waals surface area contributed by atoms with Crippen LogP contribution in [0.5, 0.6) is 11.5 Å². The molecule has 0 aliphatic rings. The van der Waals surface area contributed by atoms with Gasteiger partial charge in [0.05, 0.1) is 13.7 Å². The molecule has 0 spiro atoms. The van der Waals surface area contributed by atoms with Gasteiger partial charge < -0.3 is 24.0 Å². The number of benzene rings is 1. The number of hydrogen-bond donors (Lipinski definition) is 1. The molecule has 0 bridgehead atoms. The Morgan fingerprint density at radius 2 is 1.72 bits per heavy atom. The minimum absolute atomic E-state index is 0.0188. The van der Waals surface area contributed by atoms with E-state index in [0.29, 0.717) is 17.4 Å². The third-order valence-electron chi connectivity index (χ3n) is 4.62. The van der Waals surface area contributed by atoms with E-state index in [-0.39, 0.29) is 24.3 Å². The molecule has 10 heteroatoms. The highest BCUT2D eigenvalue weighted by Crippen LogP contribution is 2.20. The maximum absolute atomic E-state index is 12.7. The van der Waals surface area contributed by atoms with E-state index in [0.717, 1.165) is 4.57 Å². The summed E-state index contributed by atoms with van der Waals surface area (Å²) in [5, 5.41) is 10.5. The number of rotatable bonds is 7. The average molecular weight is 403 g/mol. The van der Waals surface area contributed by atoms with Crippen molar-refractivity contribution in [1.82, 2.24) is 18.7 Å². The second-order valence-electron chi connectivity index (χ2n) is 6.94. The van der Waals surface area contributed by atoms with Crippen molar-refractivity contribution >= 4 is 17.1 Å². The van der Waals surface area contributed by atoms with Gasteiger partial charge in [0, 0.05) is 28.2 Å². The molecule has 29 heavy (non-hydrogen) atoms. The Bertz CT molecular complexity index is 1130. The van der Waals surface area contributed by atoms with E-state index in [1.165, 1.54) is 11.6 Å². The van der Waals surface area contributed by atoms with Gasteiger partial charge in [0.15, 0.2) is 11.2 Å². The van der Waals surface area contributed by atoms with Crippen molar-refractivity contribution in [2.75, 3.05) is 32.7 Å². The number of fused-ring (bicyclic) bond motifs is 1. The van der Waals surface area contributed by atoms with Crippen LogP contribution in [0.3, 0.4) is 0 Å². The summed E-state index contributed by atoms with van der Waals surface area (Å²) < 4.78 is 14.7. The van der Waals surface area contributed by atoms with Crippen molar-refractivity contribution in [3.63, 3.8) is 0 Å². The molecule has 0 amide bonds. The Morgan fingerprint density at radius 1 is 1.10 bits per heavy atom. The zero-order chi connectivity index (χ0) is 21.3. The summed E-state index contributed by atoms with van der Waals surface area (Å²) in [6.45, 7) is 0.0958. The molecule has 1 unspecified atom stereocenters. The molecule has 3 aromatic rings. The summed E-state index contributed by atoms with van der Waals surface area (Å²) in [5.74, 6) is 1.76. The monoisotopic (exact) mass is 403 g/mol. The van der Waals surface area contributed by atoms with Gasteiger partial charge in [-0.1, -0.05) is 0 Å². The predicted octanol–water partition coefficient (Wildman–Crippen LogP) is -0.0518. The lowest BCUT2D eigenvalue weighted by molar-refractivity contribution is 0.0936. The molecular formula is C19H25N5O5. The minimum Gasteiger partial charge on any atom is -0.497 e. The van der Waals surface area contributed by atoms with Gasteiger partial charge in [0.2, 0.25) is 5.95 Å². The standard InChI is InChI=1S/C19H25N5O5/c1-21(2)18-20-16-15(17(26)23(4)19(27)22(16)3)24(18)10-12(25)11-29-14-8-6-13(28-5)7-9-14/h6-9,12,25H,10-11H2,1-5H3. The second kappa shape index (κ2) is 8.00. The van der Waals surface area contributed by atoms with E-state index >= 15 is 0 Å². The van der Waals surface area contributed by atoms with Crippen LogP contribution >= 0.6 is 0 Å². The van der Waals surface area contributed by atoms with Crippen molar-refractivity contribution in [3.05, 3.63) is 45.1 Å². The van der Waals surface area contributed by atoms with Crippen LogP contribution in [0.25, 0.3) is 11.2 Å². The third-order valence-corrected chi connectivity index (χ3v) is 4.62. The molecule has 0 aliphatic carbocycles. The van der Waals surface area contributed by atoms with Gasteiger partial charge in [-0.3, -0.25) is 13.9 Å². The molecule has 2 aromatic heterocycles. The van der Waals surface area contributed by atoms with Gasteiger partial charge in [-0.15, -0.1) is 0 Å². The van der Waals surface area contributed by atoms with E-state index in [4.69, 9.17) is 9.47 Å². The van der Waals surface area contributed by atoms with Gasteiger partial charge in [-0.2, -0.15) is 4.98 Å². The Balaban J connectivity index is 1.90. The summed E-state index contributed by atoms with van der Waals surface area (Å²) in [6, 6.07) is 7.02. The molecule has 0 fully saturated rings. The normalized spacial score (nSPS) is 12.2. The topological polar surface area (TPSA) is 104 Å². The molecule has 0 aliphatic heterocycles. The molecule has 1 atom stereocenters. The zero-order valence-electron chi connectivity index (χ0n) is 17.1. The van der Waals surface area contributed by atoms with Crippen molar-refractivity contribution < 1.29 is 14.6 Å². The van der Waals surface area contributed by atoms with Gasteiger partial charge >= 0.3 is 5.69 Å². The fourth-order valence-electron chi connectivity index (χ4n) is 3.08. The van der Waals surface area contributed by atoms with E-state index in [9.17, 15) is 14.7 Å². The summed E-state index contributed by atoms with van der Waals surface area (Å²) in [7, 11) is 8.11. The Kier molecular flexibility index (Phi) is 5.64. The summed E-state index contributed by atoms with van der Waals surface area (Å²) in [6.07, 6.45) is -0.907. The summed E-state index contributed by atoms with van der Waals surface area (Å²) in [5.41, 5.74) is -0.403. The predicted molar refractivity (Wildman–Crippen MR) is 109 cm³/mol. The van der Waals surface area contributed by atoms with Crippen LogP contribution in [0.1, 0.15) is 0 Å². The Labute approximate surface area is 167 Å². The highest BCUT2D eigenvalue weighted by molar-refractivity contribution is 5.74. The Hall–Kier alpha value is -3.27. The molecule has 0 saturated heterocycles. The van der Waals surface area contributed by atoms with Gasteiger partial charge in [0.25, 0.3) is 5.56 Å². The van der Waals surface area contributed by atoms with E-state index in [1.807, 2.05) is 0 Å². The summed E-state index contributed by atoms with van der Waals surface area (Å²) in [4.78, 5) is 31.1. The van der Waals surface area contributed by atoms with Crippen LogP contribution < -0.4 is 25.6 Å². The van der Waals surface area contributed by atoms with Crippen molar-refractivity contribution in [2.24, 2.45) is 14.1 Å². The minimum atomic E-state index is -0.907. The van der Waals surface area contributed by atoms with E-state index in [1.54, 1.807) is 62.0 Å². The molecule has 3 rings (SSSR count). The number of aromatic nitrogens is 4. The molecule has 0 radical (unpaired) electrons. The number of aryl methyl sites for hydroxylation is 1. The number of imidazole rings is 1. The first-order valence-electron chi connectivity index (χ1n) is 9.03. The quantitative estimate of drug-likeness (QED) is 0.590. The fraction of sp³-hybridized carbons (Fsp3) is 0.421. The van der Waals surface area contributed by atoms with Crippen molar-refractivity contribution in [2.45, 2.75) is 12.6 Å². The highest BCUT2D eigenvalue weighted by Gasteiger charge is 2.22. The smallest absolute Gasteiger partial charge is 0.332 e. The lowest BCUT2D eigenvalue weighted by atomic mass is 10.3. The molecular weight excluding hydrogens is 378 g/mol. The first kappa shape index (κ1) is 20.5. The first-order chi connectivity index (χ1) is 13.7. The maximum atomic E-state index is 12.7. The first-order valence-corrected chi connectivity index (χ1v) is 9.03. The van der Waals surface area contributed by atoms with E-state index < -0.39 is 17.4 Å². The number of aliphatic hydroxyl groups is 1. The number of nitrogens with zero attached hydrogens (tertiary/aromatic N) is 5. The molecule has 156 valence electrons. The molecule has 1 N–H and O–H groups in total. The van der Waals surface area contributed by atoms with E-state index in [2.05, 4.69) is 4.98 Å². The highest BCUT2D eigenvalue weighted by atomic mass is 16.5. The molecule has 0 saturated carbocycles. The number of hydrogen-bond acceptors (Lipinski definition) is 7. The van der Waals surface area contributed by atoms with Crippen LogP contribution in [-0.2, 0) is 20.6 Å². The lowest BCUT2D eigenvalue weighted by Gasteiger charge is -2.18. The van der Waals surface area contributed by atoms with Gasteiger partial charge in [-0.05, 0) is 24.3 Å². The Morgan fingerprint density at radius 3 is 2.31 bits per heavy atom. The van der Waals surface area contributed by atoms with Crippen LogP contribution in [0.15, 0.2) is 33.9 Å². The number of aliphatic hydroxyl groups excluding tert-OH is 1. The van der Waals surface area contributed by atoms with Crippen LogP contribution in [-0.4, -0.2) is 57.7 Å². The number of anilines is 1. The molecule has 2 heterocycles. The average Bonchev–Trinajstić information content (AvgIpc) is 3.09. The molecule has 10 nitrogen and oxygen atoms in total. The van der Waals surface area contributed by atoms with Gasteiger partial charge in [-0.25, -0.2) is 4.79 Å². The van der Waals surface area contributed by atoms with Crippen molar-refractivity contribution in [3.8, 4) is 11.5 Å². The summed E-state index contributed by atoms with van der Waals surface area (Å²) >= 11 is 0. The van der Waals surface area contributed by atoms with Gasteiger partial charge in [0.1, 0.15) is 24.2 Å². The van der Waals surface area contributed by atoms with Crippen LogP contribution in [0, 0.1) is 0 Å². The molecule has 1 aromatic carbocycles. The zero-order valence-corrected chi connectivity index (χ0v) is 17.1. The lowest BCUT2D eigenvalue weighted by Crippen LogP contribution is -2.38. The van der Waals surface area contributed by atoms with Crippen LogP contribution in [0.2, 0.25) is 0 Å². The third kappa shape index (κ3) is 3.83. The maximum Gasteiger partial charge on any atom is 0.332 e. The second-order valence-corrected chi connectivity index (χ2v) is 6.94. The fourth-order valence-corrected chi connectivity index (χ4v) is 3.08. The largest absolute Gasteiger partial charge is 0.497 e. The van der Waals surface area contributed by atoms with Crippen LogP contribution in [0.4, 0.5) is 5.95 Å². The SMILES string of the molecule is COc1ccc(OCC(O)Cn2c(N(C)C)nc3c2c(=O)n(C)c(=O)n3C)cc1.